The molecule has 0 N–H and O–H groups in total. The molecule has 0 nitrogen and oxygen atoms in total. The number of hydrogen-bond donors (Lipinski definition) is 0. The van der Waals surface area contributed by atoms with E-state index in [1.165, 1.54) is 63.4 Å². The molecule has 20 heavy (non-hydrogen) atoms. The van der Waals surface area contributed by atoms with Gasteiger partial charge < -0.3 is 0 Å². The van der Waals surface area contributed by atoms with Gasteiger partial charge >= 0.3 is 0 Å². The summed E-state index contributed by atoms with van der Waals surface area (Å²) < 4.78 is 0. The van der Waals surface area contributed by atoms with E-state index in [1.807, 2.05) is 0 Å². The van der Waals surface area contributed by atoms with Gasteiger partial charge in [0.15, 0.2) is 0 Å². The molecule has 1 aliphatic rings. The van der Waals surface area contributed by atoms with Gasteiger partial charge in [0.05, 0.1) is 0 Å². The molecule has 1 aromatic rings. The first-order valence-electron chi connectivity index (χ1n) is 8.74. The maximum absolute atomic E-state index is 2.41. The van der Waals surface area contributed by atoms with E-state index in [9.17, 15) is 0 Å². The Kier molecular flexibility index (Phi) is 5.69. The SMILES string of the molecule is CCCCCC(C)(C)c1ccc(C2CCCCC2)cc1. The van der Waals surface area contributed by atoms with Crippen LogP contribution >= 0.6 is 0 Å². The summed E-state index contributed by atoms with van der Waals surface area (Å²) in [6.07, 6.45) is 12.4. The molecule has 0 heterocycles. The highest BCUT2D eigenvalue weighted by Gasteiger charge is 2.21. The average Bonchev–Trinajstić information content (AvgIpc) is 2.48. The van der Waals surface area contributed by atoms with Crippen LogP contribution in [0.25, 0.3) is 0 Å². The summed E-state index contributed by atoms with van der Waals surface area (Å²) in [5, 5.41) is 0. The highest BCUT2D eigenvalue weighted by Crippen LogP contribution is 2.35. The third-order valence-electron chi connectivity index (χ3n) is 5.17. The van der Waals surface area contributed by atoms with Gasteiger partial charge in [-0.25, -0.2) is 0 Å². The minimum atomic E-state index is 0.334. The maximum Gasteiger partial charge on any atom is -0.0104 e. The average molecular weight is 272 g/mol. The summed E-state index contributed by atoms with van der Waals surface area (Å²) >= 11 is 0. The zero-order chi connectivity index (χ0) is 14.4. The van der Waals surface area contributed by atoms with Gasteiger partial charge in [-0.05, 0) is 41.7 Å². The van der Waals surface area contributed by atoms with Gasteiger partial charge in [0.2, 0.25) is 0 Å². The lowest BCUT2D eigenvalue weighted by Crippen LogP contribution is -2.17. The van der Waals surface area contributed by atoms with Gasteiger partial charge in [0, 0.05) is 0 Å². The fourth-order valence-corrected chi connectivity index (χ4v) is 3.60. The fraction of sp³-hybridized carbons (Fsp3) is 0.700. The molecule has 0 amide bonds. The first kappa shape index (κ1) is 15.6. The van der Waals surface area contributed by atoms with Crippen LogP contribution in [-0.2, 0) is 5.41 Å². The molecule has 1 fully saturated rings. The van der Waals surface area contributed by atoms with E-state index in [2.05, 4.69) is 45.0 Å². The van der Waals surface area contributed by atoms with Gasteiger partial charge in [-0.1, -0.05) is 83.6 Å². The molecule has 0 aliphatic heterocycles. The van der Waals surface area contributed by atoms with Crippen LogP contribution in [0.5, 0.6) is 0 Å². The van der Waals surface area contributed by atoms with Crippen molar-refractivity contribution in [3.8, 4) is 0 Å². The quantitative estimate of drug-likeness (QED) is 0.512. The fourth-order valence-electron chi connectivity index (χ4n) is 3.60. The Hall–Kier alpha value is -0.780. The molecule has 0 atom stereocenters. The molecule has 1 saturated carbocycles. The molecule has 0 unspecified atom stereocenters. The largest absolute Gasteiger partial charge is 0.0654 e. The Morgan fingerprint density at radius 1 is 0.950 bits per heavy atom. The minimum Gasteiger partial charge on any atom is -0.0654 e. The third-order valence-corrected chi connectivity index (χ3v) is 5.17. The second-order valence-electron chi connectivity index (χ2n) is 7.30. The number of benzene rings is 1. The van der Waals surface area contributed by atoms with E-state index in [4.69, 9.17) is 0 Å². The highest BCUT2D eigenvalue weighted by molar-refractivity contribution is 5.30. The predicted octanol–water partition coefficient (Wildman–Crippen LogP) is 6.59. The van der Waals surface area contributed by atoms with E-state index in [-0.39, 0.29) is 0 Å². The molecule has 0 bridgehead atoms. The van der Waals surface area contributed by atoms with Gasteiger partial charge in [0.25, 0.3) is 0 Å². The molecule has 0 aromatic heterocycles. The first-order valence-corrected chi connectivity index (χ1v) is 8.74. The molecule has 1 aromatic carbocycles. The van der Waals surface area contributed by atoms with E-state index >= 15 is 0 Å². The molecule has 2 rings (SSSR count). The summed E-state index contributed by atoms with van der Waals surface area (Å²) in [4.78, 5) is 0. The Morgan fingerprint density at radius 2 is 1.60 bits per heavy atom. The van der Waals surface area contributed by atoms with E-state index < -0.39 is 0 Å². The van der Waals surface area contributed by atoms with Crippen LogP contribution in [0, 0.1) is 0 Å². The standard InChI is InChI=1S/C20H32/c1-4-5-9-16-20(2,3)19-14-12-18(13-15-19)17-10-7-6-8-11-17/h12-15,17H,4-11,16H2,1-3H3. The van der Waals surface area contributed by atoms with Crippen molar-refractivity contribution >= 4 is 0 Å². The summed E-state index contributed by atoms with van der Waals surface area (Å²) in [5.41, 5.74) is 3.44. The van der Waals surface area contributed by atoms with Crippen molar-refractivity contribution in [3.05, 3.63) is 35.4 Å². The van der Waals surface area contributed by atoms with Crippen LogP contribution in [-0.4, -0.2) is 0 Å². The second-order valence-corrected chi connectivity index (χ2v) is 7.30. The van der Waals surface area contributed by atoms with Crippen LogP contribution in [0.1, 0.15) is 95.6 Å². The first-order chi connectivity index (χ1) is 9.63. The summed E-state index contributed by atoms with van der Waals surface area (Å²) in [6, 6.07) is 9.62. The normalized spacial score (nSPS) is 17.4. The van der Waals surface area contributed by atoms with E-state index in [1.54, 1.807) is 5.56 Å². The van der Waals surface area contributed by atoms with Crippen molar-refractivity contribution in [1.29, 1.82) is 0 Å². The van der Waals surface area contributed by atoms with Crippen LogP contribution in [0.2, 0.25) is 0 Å². The molecule has 0 saturated heterocycles. The van der Waals surface area contributed by atoms with Crippen LogP contribution in [0.3, 0.4) is 0 Å². The van der Waals surface area contributed by atoms with Crippen LogP contribution in [0.4, 0.5) is 0 Å². The zero-order valence-corrected chi connectivity index (χ0v) is 13.8. The highest BCUT2D eigenvalue weighted by atomic mass is 14.3. The van der Waals surface area contributed by atoms with Crippen molar-refractivity contribution in [2.75, 3.05) is 0 Å². The van der Waals surface area contributed by atoms with Gasteiger partial charge in [-0.2, -0.15) is 0 Å². The third kappa shape index (κ3) is 4.11. The minimum absolute atomic E-state index is 0.334. The van der Waals surface area contributed by atoms with Crippen molar-refractivity contribution in [1.82, 2.24) is 0 Å². The summed E-state index contributed by atoms with van der Waals surface area (Å²) in [6.45, 7) is 7.09. The maximum atomic E-state index is 2.41. The topological polar surface area (TPSA) is 0 Å². The lowest BCUT2D eigenvalue weighted by Gasteiger charge is -2.27. The number of rotatable bonds is 6. The molecule has 0 radical (unpaired) electrons. The molecule has 1 aliphatic carbocycles. The monoisotopic (exact) mass is 272 g/mol. The summed E-state index contributed by atoms with van der Waals surface area (Å²) in [5.74, 6) is 0.834. The van der Waals surface area contributed by atoms with Crippen molar-refractivity contribution in [2.45, 2.75) is 89.9 Å². The van der Waals surface area contributed by atoms with E-state index in [0.717, 1.165) is 5.92 Å². The summed E-state index contributed by atoms with van der Waals surface area (Å²) in [7, 11) is 0. The van der Waals surface area contributed by atoms with Gasteiger partial charge in [-0.3, -0.25) is 0 Å². The van der Waals surface area contributed by atoms with Crippen LogP contribution < -0.4 is 0 Å². The van der Waals surface area contributed by atoms with Gasteiger partial charge in [0.1, 0.15) is 0 Å². The van der Waals surface area contributed by atoms with Crippen molar-refractivity contribution in [3.63, 3.8) is 0 Å². The zero-order valence-electron chi connectivity index (χ0n) is 13.8. The Morgan fingerprint density at radius 3 is 2.20 bits per heavy atom. The van der Waals surface area contributed by atoms with Crippen LogP contribution in [0.15, 0.2) is 24.3 Å². The Balaban J connectivity index is 1.99. The lowest BCUT2D eigenvalue weighted by molar-refractivity contribution is 0.440. The second kappa shape index (κ2) is 7.29. The molecular weight excluding hydrogens is 240 g/mol. The predicted molar refractivity (Wildman–Crippen MR) is 89.4 cm³/mol. The van der Waals surface area contributed by atoms with E-state index in [0.29, 0.717) is 5.41 Å². The Labute approximate surface area is 126 Å². The van der Waals surface area contributed by atoms with Gasteiger partial charge in [-0.15, -0.1) is 0 Å². The molecule has 0 spiro atoms. The molecule has 0 heteroatoms. The molecular formula is C20H32. The van der Waals surface area contributed by atoms with Crippen molar-refractivity contribution in [2.24, 2.45) is 0 Å². The molecule has 112 valence electrons. The lowest BCUT2D eigenvalue weighted by atomic mass is 9.78. The Bertz CT molecular complexity index is 379. The number of hydrogen-bond acceptors (Lipinski definition) is 0. The van der Waals surface area contributed by atoms with Crippen molar-refractivity contribution < 1.29 is 0 Å². The number of unbranched alkanes of at least 4 members (excludes halogenated alkanes) is 2. The smallest absolute Gasteiger partial charge is 0.0104 e.